The average Bonchev–Trinajstić information content (AvgIpc) is 3.50. The molecule has 13 heteroatoms. The van der Waals surface area contributed by atoms with E-state index in [0.717, 1.165) is 36.1 Å². The van der Waals surface area contributed by atoms with Gasteiger partial charge in [0.1, 0.15) is 5.60 Å². The number of anilines is 3. The Kier molecular flexibility index (Phi) is 9.75. The fraction of sp³-hybridized carbons (Fsp3) is 0.513. The first kappa shape index (κ1) is 35.9. The van der Waals surface area contributed by atoms with Crippen molar-refractivity contribution < 1.29 is 32.2 Å². The van der Waals surface area contributed by atoms with Crippen LogP contribution in [0.3, 0.4) is 0 Å². The van der Waals surface area contributed by atoms with Crippen LogP contribution in [0.1, 0.15) is 93.8 Å². The van der Waals surface area contributed by atoms with Crippen LogP contribution in [0.15, 0.2) is 30.3 Å². The van der Waals surface area contributed by atoms with Gasteiger partial charge in [-0.3, -0.25) is 9.48 Å². The number of aryl methyl sites for hydroxylation is 1. The number of benzene rings is 2. The third-order valence-electron chi connectivity index (χ3n) is 10.5. The standard InChI is InChI=1S/C39H47F3N6O4/c1-23(49)46-15-9-33-31(22-46)37(44-48(33)27-10-16-51-17-11-27)47-12-5-6-25-18-28(30(36(41)42)21-34(25)47)26-19-29(35(40)32(43)20-26)24-7-13-45(14-8-24)38(50)52-39(2,3)4/h7,18-21,27,36H,5-6,8-17,22,43H2,1-4H3. The van der Waals surface area contributed by atoms with Crippen molar-refractivity contribution in [2.75, 3.05) is 50.0 Å². The number of nitrogens with zero attached hydrogens (tertiary/aromatic N) is 5. The molecule has 10 nitrogen and oxygen atoms in total. The molecule has 1 aromatic heterocycles. The van der Waals surface area contributed by atoms with E-state index in [1.165, 1.54) is 6.07 Å². The van der Waals surface area contributed by atoms with E-state index in [-0.39, 0.29) is 35.3 Å². The maximum atomic E-state index is 15.6. The van der Waals surface area contributed by atoms with Gasteiger partial charge in [-0.05, 0) is 99.4 Å². The van der Waals surface area contributed by atoms with Crippen molar-refractivity contribution in [2.24, 2.45) is 0 Å². The molecule has 2 amide bonds. The highest BCUT2D eigenvalue weighted by Crippen LogP contribution is 2.45. The Morgan fingerprint density at radius 1 is 1.00 bits per heavy atom. The molecule has 4 aliphatic rings. The molecule has 7 rings (SSSR count). The second-order valence-corrected chi connectivity index (χ2v) is 15.2. The molecule has 1 saturated heterocycles. The minimum Gasteiger partial charge on any atom is -0.444 e. The number of rotatable bonds is 5. The largest absolute Gasteiger partial charge is 0.444 e. The highest BCUT2D eigenvalue weighted by molar-refractivity contribution is 5.83. The number of hydrogen-bond acceptors (Lipinski definition) is 7. The summed E-state index contributed by atoms with van der Waals surface area (Å²) in [7, 11) is 0. The van der Waals surface area contributed by atoms with Gasteiger partial charge in [0.25, 0.3) is 6.43 Å². The Bertz CT molecular complexity index is 1910. The van der Waals surface area contributed by atoms with Crippen LogP contribution < -0.4 is 10.6 Å². The zero-order chi connectivity index (χ0) is 36.9. The Morgan fingerprint density at radius 3 is 2.42 bits per heavy atom. The number of ether oxygens (including phenoxy) is 2. The maximum Gasteiger partial charge on any atom is 0.410 e. The summed E-state index contributed by atoms with van der Waals surface area (Å²) in [5, 5.41) is 5.17. The molecule has 2 N–H and O–H groups in total. The summed E-state index contributed by atoms with van der Waals surface area (Å²) < 4.78 is 59.0. The third kappa shape index (κ3) is 6.99. The van der Waals surface area contributed by atoms with Crippen LogP contribution in [0, 0.1) is 5.82 Å². The Morgan fingerprint density at radius 2 is 1.75 bits per heavy atom. The second kappa shape index (κ2) is 14.1. The van der Waals surface area contributed by atoms with Crippen molar-refractivity contribution in [1.82, 2.24) is 19.6 Å². The molecule has 1 fully saturated rings. The van der Waals surface area contributed by atoms with Crippen LogP contribution in [0.4, 0.5) is 35.2 Å². The Hall–Kier alpha value is -4.52. The van der Waals surface area contributed by atoms with Gasteiger partial charge in [-0.25, -0.2) is 18.0 Å². The van der Waals surface area contributed by atoms with Gasteiger partial charge in [0.05, 0.1) is 18.3 Å². The number of nitrogen functional groups attached to an aromatic ring is 1. The monoisotopic (exact) mass is 720 g/mol. The van der Waals surface area contributed by atoms with Crippen LogP contribution in [0.2, 0.25) is 0 Å². The molecule has 0 saturated carbocycles. The number of halogens is 3. The van der Waals surface area contributed by atoms with E-state index in [9.17, 15) is 9.59 Å². The molecule has 0 bridgehead atoms. The van der Waals surface area contributed by atoms with E-state index in [0.29, 0.717) is 86.9 Å². The van der Waals surface area contributed by atoms with Crippen LogP contribution in [-0.2, 0) is 33.7 Å². The van der Waals surface area contributed by atoms with Crippen molar-refractivity contribution in [3.8, 4) is 11.1 Å². The third-order valence-corrected chi connectivity index (χ3v) is 10.5. The van der Waals surface area contributed by atoms with Gasteiger partial charge in [0, 0.05) is 80.8 Å². The number of carbonyl (C=O) groups is 2. The number of amides is 2. The summed E-state index contributed by atoms with van der Waals surface area (Å²) in [6.07, 6.45) is 2.62. The van der Waals surface area contributed by atoms with E-state index in [2.05, 4.69) is 4.68 Å². The zero-order valence-corrected chi connectivity index (χ0v) is 30.3. The summed E-state index contributed by atoms with van der Waals surface area (Å²) >= 11 is 0. The van der Waals surface area contributed by atoms with E-state index >= 15 is 13.2 Å². The highest BCUT2D eigenvalue weighted by Gasteiger charge is 2.34. The van der Waals surface area contributed by atoms with Crippen LogP contribution >= 0.6 is 0 Å². The van der Waals surface area contributed by atoms with Crippen molar-refractivity contribution in [3.05, 3.63) is 64.1 Å². The molecule has 2 aromatic carbocycles. The molecule has 52 heavy (non-hydrogen) atoms. The SMILES string of the molecule is CC(=O)N1CCc2c(c(N3CCCc4cc(-c5cc(N)c(F)c(C6=CCN(C(=O)OC(C)(C)C)CC6)c5)c(C(F)F)cc43)nn2C2CCOCC2)C1. The smallest absolute Gasteiger partial charge is 0.410 e. The minimum atomic E-state index is -2.82. The molecule has 5 heterocycles. The lowest BCUT2D eigenvalue weighted by Gasteiger charge is -2.33. The van der Waals surface area contributed by atoms with E-state index in [1.54, 1.807) is 56.9 Å². The fourth-order valence-corrected chi connectivity index (χ4v) is 7.89. The van der Waals surface area contributed by atoms with Gasteiger partial charge in [-0.15, -0.1) is 0 Å². The first-order chi connectivity index (χ1) is 24.8. The predicted octanol–water partition coefficient (Wildman–Crippen LogP) is 7.57. The predicted molar refractivity (Wildman–Crippen MR) is 193 cm³/mol. The Labute approximate surface area is 302 Å². The summed E-state index contributed by atoms with van der Waals surface area (Å²) in [5.41, 5.74) is 10.4. The average molecular weight is 721 g/mol. The lowest BCUT2D eigenvalue weighted by atomic mass is 9.89. The summed E-state index contributed by atoms with van der Waals surface area (Å²) in [5.74, 6) is 0.0775. The summed E-state index contributed by atoms with van der Waals surface area (Å²) in [6.45, 7) is 10.4. The minimum absolute atomic E-state index is 0.0126. The van der Waals surface area contributed by atoms with Gasteiger partial charge in [-0.1, -0.05) is 6.08 Å². The van der Waals surface area contributed by atoms with E-state index < -0.39 is 23.9 Å². The first-order valence-corrected chi connectivity index (χ1v) is 18.2. The normalized spacial score (nSPS) is 18.3. The van der Waals surface area contributed by atoms with Gasteiger partial charge < -0.3 is 29.9 Å². The number of fused-ring (bicyclic) bond motifs is 2. The molecule has 0 atom stereocenters. The summed E-state index contributed by atoms with van der Waals surface area (Å²) in [4.78, 5) is 30.5. The zero-order valence-electron chi connectivity index (χ0n) is 30.3. The molecule has 0 radical (unpaired) electrons. The van der Waals surface area contributed by atoms with Crippen molar-refractivity contribution in [1.29, 1.82) is 0 Å². The number of nitrogens with two attached hydrogens (primary N) is 1. The van der Waals surface area contributed by atoms with Gasteiger partial charge in [0.2, 0.25) is 5.91 Å². The number of aromatic nitrogens is 2. The maximum absolute atomic E-state index is 15.6. The van der Waals surface area contributed by atoms with Gasteiger partial charge >= 0.3 is 6.09 Å². The van der Waals surface area contributed by atoms with Gasteiger partial charge in [-0.2, -0.15) is 5.10 Å². The number of carbonyl (C=O) groups excluding carboxylic acids is 2. The highest BCUT2D eigenvalue weighted by atomic mass is 19.3. The topological polar surface area (TPSA) is 106 Å². The van der Waals surface area contributed by atoms with Crippen LogP contribution in [0.5, 0.6) is 0 Å². The van der Waals surface area contributed by atoms with Crippen LogP contribution in [-0.4, -0.2) is 76.6 Å². The molecule has 0 aliphatic carbocycles. The van der Waals surface area contributed by atoms with E-state index in [4.69, 9.17) is 20.3 Å². The quantitative estimate of drug-likeness (QED) is 0.271. The van der Waals surface area contributed by atoms with Crippen LogP contribution in [0.25, 0.3) is 16.7 Å². The molecule has 3 aromatic rings. The lowest BCUT2D eigenvalue weighted by molar-refractivity contribution is -0.129. The lowest BCUT2D eigenvalue weighted by Crippen LogP contribution is -2.39. The van der Waals surface area contributed by atoms with E-state index in [1.807, 2.05) is 9.80 Å². The van der Waals surface area contributed by atoms with Crippen molar-refractivity contribution in [3.63, 3.8) is 0 Å². The van der Waals surface area contributed by atoms with Gasteiger partial charge in [0.15, 0.2) is 11.6 Å². The molecular weight excluding hydrogens is 673 g/mol. The molecule has 0 unspecified atom stereocenters. The fourth-order valence-electron chi connectivity index (χ4n) is 7.89. The second-order valence-electron chi connectivity index (χ2n) is 15.2. The molecule has 4 aliphatic heterocycles. The van der Waals surface area contributed by atoms with Crippen molar-refractivity contribution >= 4 is 34.8 Å². The summed E-state index contributed by atoms with van der Waals surface area (Å²) in [6, 6.07) is 6.53. The number of alkyl halides is 2. The first-order valence-electron chi connectivity index (χ1n) is 18.2. The Balaban J connectivity index is 1.26. The molecule has 278 valence electrons. The van der Waals surface area contributed by atoms with Crippen molar-refractivity contribution in [2.45, 2.75) is 90.8 Å². The molecular formula is C39H47F3N6O4. The number of hydrogen-bond donors (Lipinski definition) is 1. The molecule has 0 spiro atoms.